The molecule has 3 aromatic heterocycles. The Morgan fingerprint density at radius 1 is 1.00 bits per heavy atom. The minimum Gasteiger partial charge on any atom is -0.423 e. The summed E-state index contributed by atoms with van der Waals surface area (Å²) in [4.78, 5) is 28.3. The lowest BCUT2D eigenvalue weighted by molar-refractivity contribution is -0.276. The molecule has 0 saturated carbocycles. The van der Waals surface area contributed by atoms with Crippen LogP contribution in [0.1, 0.15) is 18.9 Å². The zero-order chi connectivity index (χ0) is 27.0. The summed E-state index contributed by atoms with van der Waals surface area (Å²) in [6, 6.07) is 4.03. The van der Waals surface area contributed by atoms with Gasteiger partial charge in [-0.25, -0.2) is 23.4 Å². The van der Waals surface area contributed by atoms with Crippen LogP contribution < -0.4 is 9.64 Å². The molecule has 1 aliphatic rings. The van der Waals surface area contributed by atoms with Crippen molar-refractivity contribution in [3.63, 3.8) is 0 Å². The van der Waals surface area contributed by atoms with Crippen LogP contribution >= 0.6 is 0 Å². The SMILES string of the molecule is CCS(=O)(=O)c1cc(Oc2ncccn2)cnc1-c1cc2c(cn1)N(CC(F)(F)C(F)(F)F)C(=O)CC2. The van der Waals surface area contributed by atoms with Crippen LogP contribution in [0.15, 0.2) is 47.9 Å². The first-order chi connectivity index (χ1) is 17.3. The van der Waals surface area contributed by atoms with E-state index < -0.39 is 34.4 Å². The monoisotopic (exact) mass is 543 g/mol. The number of alkyl halides is 5. The standard InChI is InChI=1S/C22H18F5N5O4S/c1-2-37(34,35)17-9-14(36-20-28-6-3-7-29-20)10-31-19(17)15-8-13-4-5-18(33)32(16(13)11-30-15)12-21(23,24)22(25,26)27/h3,6-11H,2,4-5,12H2,1H3. The van der Waals surface area contributed by atoms with E-state index in [1.54, 1.807) is 6.07 Å². The minimum absolute atomic E-state index is 0.0187. The highest BCUT2D eigenvalue weighted by molar-refractivity contribution is 7.91. The van der Waals surface area contributed by atoms with Crippen LogP contribution in [-0.2, 0) is 21.1 Å². The number of nitrogens with zero attached hydrogens (tertiary/aromatic N) is 5. The lowest BCUT2D eigenvalue weighted by atomic mass is 10.0. The summed E-state index contributed by atoms with van der Waals surface area (Å²) in [5.74, 6) is -6.33. The molecule has 1 amide bonds. The quantitative estimate of drug-likeness (QED) is 0.411. The van der Waals surface area contributed by atoms with Gasteiger partial charge in [-0.05, 0) is 24.1 Å². The molecule has 0 unspecified atom stereocenters. The number of aromatic nitrogens is 4. The second kappa shape index (κ2) is 9.61. The molecule has 0 spiro atoms. The zero-order valence-corrected chi connectivity index (χ0v) is 19.9. The fraction of sp³-hybridized carbons (Fsp3) is 0.318. The highest BCUT2D eigenvalue weighted by Crippen LogP contribution is 2.39. The predicted molar refractivity (Wildman–Crippen MR) is 119 cm³/mol. The van der Waals surface area contributed by atoms with E-state index in [1.807, 2.05) is 0 Å². The molecule has 4 rings (SSSR count). The number of sulfone groups is 1. The molecule has 0 N–H and O–H groups in total. The molecule has 4 heterocycles. The van der Waals surface area contributed by atoms with Crippen molar-refractivity contribution in [2.75, 3.05) is 17.2 Å². The number of anilines is 1. The normalized spacial score (nSPS) is 14.4. The predicted octanol–water partition coefficient (Wildman–Crippen LogP) is 4.00. The van der Waals surface area contributed by atoms with Gasteiger partial charge in [0.1, 0.15) is 5.69 Å². The van der Waals surface area contributed by atoms with Gasteiger partial charge in [-0.1, -0.05) is 6.92 Å². The molecule has 0 fully saturated rings. The van der Waals surface area contributed by atoms with Gasteiger partial charge in [0.15, 0.2) is 15.6 Å². The van der Waals surface area contributed by atoms with E-state index in [-0.39, 0.29) is 57.9 Å². The van der Waals surface area contributed by atoms with Crippen molar-refractivity contribution in [1.29, 1.82) is 0 Å². The summed E-state index contributed by atoms with van der Waals surface area (Å²) in [6.45, 7) is -0.484. The molecule has 0 radical (unpaired) electrons. The van der Waals surface area contributed by atoms with Crippen molar-refractivity contribution in [2.45, 2.75) is 36.8 Å². The molecule has 1 aliphatic heterocycles. The third-order valence-electron chi connectivity index (χ3n) is 5.47. The summed E-state index contributed by atoms with van der Waals surface area (Å²) >= 11 is 0. The maximum atomic E-state index is 13.7. The van der Waals surface area contributed by atoms with E-state index in [0.29, 0.717) is 4.90 Å². The molecule has 9 nitrogen and oxygen atoms in total. The summed E-state index contributed by atoms with van der Waals surface area (Å²) in [5, 5.41) is 0. The number of carbonyl (C=O) groups excluding carboxylic acids is 1. The Bertz CT molecular complexity index is 1440. The summed E-state index contributed by atoms with van der Waals surface area (Å²) in [6.07, 6.45) is -1.13. The zero-order valence-electron chi connectivity index (χ0n) is 19.0. The van der Waals surface area contributed by atoms with Crippen molar-refractivity contribution >= 4 is 21.4 Å². The van der Waals surface area contributed by atoms with Crippen LogP contribution in [0, 0.1) is 0 Å². The van der Waals surface area contributed by atoms with Crippen LogP contribution in [0.2, 0.25) is 0 Å². The molecule has 0 aromatic carbocycles. The van der Waals surface area contributed by atoms with E-state index in [4.69, 9.17) is 4.74 Å². The molecule has 0 bridgehead atoms. The molecular formula is C22H18F5N5O4S. The Morgan fingerprint density at radius 3 is 2.35 bits per heavy atom. The molecular weight excluding hydrogens is 525 g/mol. The summed E-state index contributed by atoms with van der Waals surface area (Å²) in [7, 11) is -3.89. The second-order valence-corrected chi connectivity index (χ2v) is 10.2. The number of halogens is 5. The molecule has 0 aliphatic carbocycles. The van der Waals surface area contributed by atoms with Crippen molar-refractivity contribution in [2.24, 2.45) is 0 Å². The Labute approximate surface area is 207 Å². The van der Waals surface area contributed by atoms with E-state index in [1.165, 1.54) is 37.6 Å². The average Bonchev–Trinajstić information content (AvgIpc) is 2.85. The van der Waals surface area contributed by atoms with Crippen molar-refractivity contribution in [3.8, 4) is 23.1 Å². The van der Waals surface area contributed by atoms with E-state index in [0.717, 1.165) is 6.20 Å². The number of rotatable bonds is 7. The Hall–Kier alpha value is -3.75. The topological polar surface area (TPSA) is 115 Å². The van der Waals surface area contributed by atoms with Crippen LogP contribution in [-0.4, -0.2) is 58.7 Å². The Kier molecular flexibility index (Phi) is 6.83. The van der Waals surface area contributed by atoms with Gasteiger partial charge in [0, 0.05) is 24.9 Å². The lowest BCUT2D eigenvalue weighted by Crippen LogP contribution is -2.50. The lowest BCUT2D eigenvalue weighted by Gasteiger charge is -2.32. The number of fused-ring (bicyclic) bond motifs is 1. The van der Waals surface area contributed by atoms with Gasteiger partial charge in [-0.2, -0.15) is 22.0 Å². The van der Waals surface area contributed by atoms with Crippen LogP contribution in [0.4, 0.5) is 27.6 Å². The number of amides is 1. The minimum atomic E-state index is -5.85. The summed E-state index contributed by atoms with van der Waals surface area (Å²) in [5.41, 5.74) is -0.0487. The van der Waals surface area contributed by atoms with Crippen LogP contribution in [0.5, 0.6) is 11.8 Å². The first-order valence-electron chi connectivity index (χ1n) is 10.7. The van der Waals surface area contributed by atoms with Crippen molar-refractivity contribution in [3.05, 3.63) is 48.5 Å². The maximum Gasteiger partial charge on any atom is 0.455 e. The Morgan fingerprint density at radius 2 is 1.70 bits per heavy atom. The number of ether oxygens (including phenoxy) is 1. The van der Waals surface area contributed by atoms with Crippen LogP contribution in [0.3, 0.4) is 0 Å². The highest BCUT2D eigenvalue weighted by atomic mass is 32.2. The van der Waals surface area contributed by atoms with Gasteiger partial charge in [-0.15, -0.1) is 0 Å². The Balaban J connectivity index is 1.74. The smallest absolute Gasteiger partial charge is 0.423 e. The maximum absolute atomic E-state index is 13.7. The third kappa shape index (κ3) is 5.35. The van der Waals surface area contributed by atoms with Gasteiger partial charge in [0.25, 0.3) is 0 Å². The van der Waals surface area contributed by atoms with E-state index >= 15 is 0 Å². The number of pyridine rings is 2. The number of hydrogen-bond acceptors (Lipinski definition) is 8. The van der Waals surface area contributed by atoms with Crippen molar-refractivity contribution < 1.29 is 39.9 Å². The van der Waals surface area contributed by atoms with Gasteiger partial charge >= 0.3 is 18.1 Å². The molecule has 196 valence electrons. The van der Waals surface area contributed by atoms with Gasteiger partial charge < -0.3 is 9.64 Å². The van der Waals surface area contributed by atoms with Gasteiger partial charge in [0.05, 0.1) is 41.0 Å². The molecule has 3 aromatic rings. The second-order valence-electron chi connectivity index (χ2n) is 7.93. The van der Waals surface area contributed by atoms with E-state index in [9.17, 15) is 35.2 Å². The molecule has 0 saturated heterocycles. The number of aryl methyl sites for hydroxylation is 1. The first-order valence-corrected chi connectivity index (χ1v) is 12.4. The average molecular weight is 543 g/mol. The fourth-order valence-electron chi connectivity index (χ4n) is 3.55. The van der Waals surface area contributed by atoms with Gasteiger partial charge in [-0.3, -0.25) is 9.78 Å². The van der Waals surface area contributed by atoms with Crippen LogP contribution in [0.25, 0.3) is 11.4 Å². The van der Waals surface area contributed by atoms with Gasteiger partial charge in [0.2, 0.25) is 5.91 Å². The molecule has 15 heteroatoms. The first kappa shape index (κ1) is 26.3. The van der Waals surface area contributed by atoms with E-state index in [2.05, 4.69) is 19.9 Å². The fourth-order valence-corrected chi connectivity index (χ4v) is 4.60. The summed E-state index contributed by atoms with van der Waals surface area (Å²) < 4.78 is 96.8. The largest absolute Gasteiger partial charge is 0.455 e. The van der Waals surface area contributed by atoms with Crippen molar-refractivity contribution in [1.82, 2.24) is 19.9 Å². The molecule has 37 heavy (non-hydrogen) atoms. The molecule has 0 atom stereocenters. The third-order valence-corrected chi connectivity index (χ3v) is 7.22. The highest BCUT2D eigenvalue weighted by Gasteiger charge is 2.59. The number of carbonyl (C=O) groups is 1. The number of hydrogen-bond donors (Lipinski definition) is 0.